The highest BCUT2D eigenvalue weighted by Crippen LogP contribution is 2.29. The van der Waals surface area contributed by atoms with E-state index in [1.807, 2.05) is 12.4 Å². The Balaban J connectivity index is 1.85. The van der Waals surface area contributed by atoms with Crippen LogP contribution in [0.5, 0.6) is 0 Å². The second kappa shape index (κ2) is 3.62. The monoisotopic (exact) mass is 202 g/mol. The number of fused-ring (bicyclic) bond motifs is 1. The third-order valence-corrected chi connectivity index (χ3v) is 3.17. The van der Waals surface area contributed by atoms with Crippen molar-refractivity contribution in [2.45, 2.75) is 12.5 Å². The van der Waals surface area contributed by atoms with Gasteiger partial charge in [0.05, 0.1) is 6.04 Å². The van der Waals surface area contributed by atoms with Crippen molar-refractivity contribution in [3.63, 3.8) is 0 Å². The smallest absolute Gasteiger partial charge is 0.0783 e. The van der Waals surface area contributed by atoms with E-state index in [1.54, 1.807) is 0 Å². The molecule has 0 saturated carbocycles. The second-order valence-corrected chi connectivity index (χ2v) is 4.05. The molecule has 78 valence electrons. The topological polar surface area (TPSA) is 49.3 Å². The van der Waals surface area contributed by atoms with Crippen LogP contribution in [0.4, 0.5) is 0 Å². The summed E-state index contributed by atoms with van der Waals surface area (Å²) < 4.78 is 0. The van der Waals surface area contributed by atoms with Gasteiger partial charge in [0.1, 0.15) is 0 Å². The number of rotatable bonds is 1. The first kappa shape index (κ1) is 8.85. The molecule has 0 bridgehead atoms. The highest BCUT2D eigenvalue weighted by Gasteiger charge is 2.33. The van der Waals surface area contributed by atoms with E-state index in [0.29, 0.717) is 12.0 Å². The van der Waals surface area contributed by atoms with E-state index < -0.39 is 0 Å². The van der Waals surface area contributed by atoms with Crippen LogP contribution in [0, 0.1) is 5.92 Å². The third-order valence-electron chi connectivity index (χ3n) is 3.17. The molecule has 4 nitrogen and oxygen atoms in total. The molecular formula is C11H14N4. The molecule has 3 heterocycles. The van der Waals surface area contributed by atoms with Crippen LogP contribution in [0.15, 0.2) is 29.6 Å². The van der Waals surface area contributed by atoms with E-state index in [2.05, 4.69) is 33.0 Å². The number of nitrogens with one attached hydrogen (secondary N) is 2. The van der Waals surface area contributed by atoms with Gasteiger partial charge in [-0.05, 0) is 17.7 Å². The van der Waals surface area contributed by atoms with E-state index in [1.165, 1.54) is 11.3 Å². The lowest BCUT2D eigenvalue weighted by Crippen LogP contribution is -2.38. The predicted molar refractivity (Wildman–Crippen MR) is 58.5 cm³/mol. The minimum atomic E-state index is 0.329. The Hall–Kier alpha value is -1.42. The summed E-state index contributed by atoms with van der Waals surface area (Å²) in [5.41, 5.74) is 5.83. The Morgan fingerprint density at radius 2 is 2.13 bits per heavy atom. The van der Waals surface area contributed by atoms with Crippen molar-refractivity contribution in [3.05, 3.63) is 30.1 Å². The number of hydrogen-bond donors (Lipinski definition) is 2. The van der Waals surface area contributed by atoms with Crippen molar-refractivity contribution in [3.8, 4) is 0 Å². The van der Waals surface area contributed by atoms with Crippen molar-refractivity contribution in [1.29, 1.82) is 0 Å². The fourth-order valence-corrected chi connectivity index (χ4v) is 2.35. The SMILES string of the molecule is c1cc(C2NN=C3CCNCC32)ccn1. The van der Waals surface area contributed by atoms with E-state index in [9.17, 15) is 0 Å². The maximum absolute atomic E-state index is 4.42. The van der Waals surface area contributed by atoms with E-state index in [4.69, 9.17) is 0 Å². The number of piperidine rings is 1. The minimum Gasteiger partial charge on any atom is -0.316 e. The van der Waals surface area contributed by atoms with Crippen LogP contribution in [0.25, 0.3) is 0 Å². The zero-order valence-corrected chi connectivity index (χ0v) is 8.48. The van der Waals surface area contributed by atoms with Crippen molar-refractivity contribution in [2.24, 2.45) is 11.0 Å². The Bertz CT molecular complexity index is 373. The van der Waals surface area contributed by atoms with Crippen molar-refractivity contribution in [2.75, 3.05) is 13.1 Å². The van der Waals surface area contributed by atoms with Crippen molar-refractivity contribution in [1.82, 2.24) is 15.7 Å². The van der Waals surface area contributed by atoms with E-state index in [0.717, 1.165) is 19.5 Å². The zero-order chi connectivity index (χ0) is 10.1. The van der Waals surface area contributed by atoms with Gasteiger partial charge in [-0.25, -0.2) is 0 Å². The molecule has 1 fully saturated rings. The molecule has 0 amide bonds. The summed E-state index contributed by atoms with van der Waals surface area (Å²) in [6, 6.07) is 4.45. The fraction of sp³-hybridized carbons (Fsp3) is 0.455. The van der Waals surface area contributed by atoms with E-state index in [-0.39, 0.29) is 0 Å². The van der Waals surface area contributed by atoms with Gasteiger partial charge in [-0.2, -0.15) is 5.10 Å². The molecule has 0 spiro atoms. The van der Waals surface area contributed by atoms with Gasteiger partial charge in [0.15, 0.2) is 0 Å². The number of pyridine rings is 1. The molecule has 15 heavy (non-hydrogen) atoms. The number of hydrazone groups is 1. The largest absolute Gasteiger partial charge is 0.316 e. The molecule has 2 N–H and O–H groups in total. The maximum atomic E-state index is 4.42. The Kier molecular flexibility index (Phi) is 2.14. The fourth-order valence-electron chi connectivity index (χ4n) is 2.35. The summed E-state index contributed by atoms with van der Waals surface area (Å²) in [5, 5.41) is 7.84. The summed E-state index contributed by atoms with van der Waals surface area (Å²) in [6.07, 6.45) is 4.75. The van der Waals surface area contributed by atoms with Gasteiger partial charge in [0.2, 0.25) is 0 Å². The van der Waals surface area contributed by atoms with Crippen LogP contribution in [0.1, 0.15) is 18.0 Å². The molecule has 0 radical (unpaired) electrons. The Labute approximate surface area is 88.8 Å². The van der Waals surface area contributed by atoms with E-state index >= 15 is 0 Å². The molecule has 2 aliphatic heterocycles. The van der Waals surface area contributed by atoms with Gasteiger partial charge in [0.25, 0.3) is 0 Å². The van der Waals surface area contributed by atoms with Crippen LogP contribution < -0.4 is 10.7 Å². The highest BCUT2D eigenvalue weighted by atomic mass is 15.3. The molecule has 2 atom stereocenters. The Morgan fingerprint density at radius 1 is 1.27 bits per heavy atom. The maximum Gasteiger partial charge on any atom is 0.0783 e. The standard InChI is InChI=1S/C11H14N4/c1-4-12-5-2-8(1)11-9-7-13-6-3-10(9)14-15-11/h1-2,4-5,9,11,13,15H,3,6-7H2. The molecular weight excluding hydrogens is 188 g/mol. The lowest BCUT2D eigenvalue weighted by atomic mass is 9.88. The number of aromatic nitrogens is 1. The summed E-state index contributed by atoms with van der Waals surface area (Å²) in [6.45, 7) is 2.08. The lowest BCUT2D eigenvalue weighted by molar-refractivity contribution is 0.450. The summed E-state index contributed by atoms with van der Waals surface area (Å²) >= 11 is 0. The average Bonchev–Trinajstić information content (AvgIpc) is 2.74. The summed E-state index contributed by atoms with van der Waals surface area (Å²) in [7, 11) is 0. The molecule has 0 aliphatic carbocycles. The van der Waals surface area contributed by atoms with Crippen LogP contribution in [0.3, 0.4) is 0 Å². The molecule has 1 aromatic rings. The third kappa shape index (κ3) is 1.51. The first-order valence-corrected chi connectivity index (χ1v) is 5.38. The summed E-state index contributed by atoms with van der Waals surface area (Å²) in [5.74, 6) is 0.515. The number of nitrogens with zero attached hydrogens (tertiary/aromatic N) is 2. The van der Waals surface area contributed by atoms with Crippen LogP contribution in [-0.2, 0) is 0 Å². The molecule has 2 aliphatic rings. The Morgan fingerprint density at radius 3 is 3.00 bits per heavy atom. The number of hydrogen-bond acceptors (Lipinski definition) is 4. The normalized spacial score (nSPS) is 29.2. The van der Waals surface area contributed by atoms with Gasteiger partial charge in [-0.15, -0.1) is 0 Å². The molecule has 1 saturated heterocycles. The predicted octanol–water partition coefficient (Wildman–Crippen LogP) is 0.691. The van der Waals surface area contributed by atoms with Crippen molar-refractivity contribution >= 4 is 5.71 Å². The van der Waals surface area contributed by atoms with Crippen molar-refractivity contribution < 1.29 is 0 Å². The molecule has 4 heteroatoms. The molecule has 0 aromatic carbocycles. The first-order valence-electron chi connectivity index (χ1n) is 5.38. The first-order chi connectivity index (χ1) is 7.45. The van der Waals surface area contributed by atoms with Gasteiger partial charge in [-0.3, -0.25) is 4.98 Å². The minimum absolute atomic E-state index is 0.329. The van der Waals surface area contributed by atoms with Gasteiger partial charge >= 0.3 is 0 Å². The second-order valence-electron chi connectivity index (χ2n) is 4.05. The van der Waals surface area contributed by atoms with Gasteiger partial charge < -0.3 is 10.7 Å². The molecule has 1 aromatic heterocycles. The lowest BCUT2D eigenvalue weighted by Gasteiger charge is -2.25. The molecule has 3 rings (SSSR count). The summed E-state index contributed by atoms with van der Waals surface area (Å²) in [4.78, 5) is 4.04. The van der Waals surface area contributed by atoms with Crippen LogP contribution in [0.2, 0.25) is 0 Å². The van der Waals surface area contributed by atoms with Gasteiger partial charge in [-0.1, -0.05) is 0 Å². The quantitative estimate of drug-likeness (QED) is 0.704. The van der Waals surface area contributed by atoms with Crippen LogP contribution in [-0.4, -0.2) is 23.8 Å². The average molecular weight is 202 g/mol. The van der Waals surface area contributed by atoms with Gasteiger partial charge in [0, 0.05) is 43.5 Å². The zero-order valence-electron chi connectivity index (χ0n) is 8.48. The highest BCUT2D eigenvalue weighted by molar-refractivity contribution is 5.89. The molecule has 2 unspecified atom stereocenters. The van der Waals surface area contributed by atoms with Crippen LogP contribution >= 0.6 is 0 Å².